The average Bonchev–Trinajstić information content (AvgIpc) is 3.17. The molecule has 5 nitrogen and oxygen atoms in total. The molecule has 0 saturated carbocycles. The van der Waals surface area contributed by atoms with E-state index in [1.165, 1.54) is 12.1 Å². The fraction of sp³-hybridized carbons (Fsp3) is 0.105. The predicted octanol–water partition coefficient (Wildman–Crippen LogP) is 3.80. The summed E-state index contributed by atoms with van der Waals surface area (Å²) in [6.07, 6.45) is 5.38. The van der Waals surface area contributed by atoms with Gasteiger partial charge in [-0.25, -0.2) is 9.37 Å². The number of anilines is 1. The second kappa shape index (κ2) is 6.32. The van der Waals surface area contributed by atoms with Crippen molar-refractivity contribution in [2.75, 3.05) is 11.9 Å². The van der Waals surface area contributed by atoms with Gasteiger partial charge < -0.3 is 4.90 Å². The van der Waals surface area contributed by atoms with Gasteiger partial charge in [0.25, 0.3) is 0 Å². The maximum Gasteiger partial charge on any atom is 0.147 e. The van der Waals surface area contributed by atoms with E-state index in [9.17, 15) is 4.39 Å². The van der Waals surface area contributed by atoms with Gasteiger partial charge in [0.15, 0.2) is 0 Å². The fourth-order valence-corrected chi connectivity index (χ4v) is 2.72. The molecule has 4 rings (SSSR count). The summed E-state index contributed by atoms with van der Waals surface area (Å²) in [7, 11) is 1.94. The molecular formula is C19H16FN5. The van der Waals surface area contributed by atoms with Crippen LogP contribution in [0.3, 0.4) is 0 Å². The van der Waals surface area contributed by atoms with Crippen molar-refractivity contribution >= 4 is 16.9 Å². The summed E-state index contributed by atoms with van der Waals surface area (Å²) in [5.41, 5.74) is 4.73. The van der Waals surface area contributed by atoms with Crippen LogP contribution in [-0.2, 0) is 6.54 Å². The molecule has 0 radical (unpaired) electrons. The van der Waals surface area contributed by atoms with Gasteiger partial charge >= 0.3 is 0 Å². The van der Waals surface area contributed by atoms with Crippen LogP contribution in [0.2, 0.25) is 0 Å². The van der Waals surface area contributed by atoms with Gasteiger partial charge in [0, 0.05) is 25.4 Å². The maximum atomic E-state index is 13.0. The Morgan fingerprint density at radius 3 is 2.60 bits per heavy atom. The minimum Gasteiger partial charge on any atom is -0.354 e. The van der Waals surface area contributed by atoms with Gasteiger partial charge in [-0.1, -0.05) is 18.2 Å². The molecule has 25 heavy (non-hydrogen) atoms. The summed E-state index contributed by atoms with van der Waals surface area (Å²) >= 11 is 0. The number of fused-ring (bicyclic) bond motifs is 1. The van der Waals surface area contributed by atoms with E-state index in [2.05, 4.69) is 20.2 Å². The molecular weight excluding hydrogens is 317 g/mol. The van der Waals surface area contributed by atoms with Crippen LogP contribution in [0.1, 0.15) is 5.56 Å². The maximum absolute atomic E-state index is 13.0. The van der Waals surface area contributed by atoms with Crippen molar-refractivity contribution in [2.45, 2.75) is 6.54 Å². The van der Waals surface area contributed by atoms with E-state index in [0.717, 1.165) is 33.5 Å². The first-order chi connectivity index (χ1) is 12.2. The van der Waals surface area contributed by atoms with E-state index in [4.69, 9.17) is 0 Å². The first-order valence-electron chi connectivity index (χ1n) is 7.90. The Morgan fingerprint density at radius 1 is 1.00 bits per heavy atom. The van der Waals surface area contributed by atoms with Crippen LogP contribution in [0.5, 0.6) is 0 Å². The molecule has 0 amide bonds. The highest BCUT2D eigenvalue weighted by Gasteiger charge is 2.08. The van der Waals surface area contributed by atoms with E-state index in [1.807, 2.05) is 36.3 Å². The van der Waals surface area contributed by atoms with Crippen molar-refractivity contribution in [3.63, 3.8) is 0 Å². The summed E-state index contributed by atoms with van der Waals surface area (Å²) in [6, 6.07) is 12.4. The molecule has 2 aromatic carbocycles. The largest absolute Gasteiger partial charge is 0.354 e. The third kappa shape index (κ3) is 3.19. The number of H-pyrrole nitrogens is 1. The van der Waals surface area contributed by atoms with Crippen LogP contribution in [0, 0.1) is 5.82 Å². The first kappa shape index (κ1) is 15.3. The van der Waals surface area contributed by atoms with E-state index < -0.39 is 0 Å². The molecule has 0 aliphatic heterocycles. The summed E-state index contributed by atoms with van der Waals surface area (Å²) in [5.74, 6) is 0.540. The second-order valence-corrected chi connectivity index (χ2v) is 5.90. The van der Waals surface area contributed by atoms with Crippen molar-refractivity contribution < 1.29 is 4.39 Å². The Labute approximate surface area is 144 Å². The molecule has 2 aromatic heterocycles. The summed E-state index contributed by atoms with van der Waals surface area (Å²) < 4.78 is 13.0. The van der Waals surface area contributed by atoms with Crippen molar-refractivity contribution in [3.05, 3.63) is 72.4 Å². The van der Waals surface area contributed by atoms with Gasteiger partial charge in [0.2, 0.25) is 0 Å². The Bertz CT molecular complexity index is 996. The van der Waals surface area contributed by atoms with Crippen molar-refractivity contribution in [2.24, 2.45) is 0 Å². The second-order valence-electron chi connectivity index (χ2n) is 5.90. The van der Waals surface area contributed by atoms with Gasteiger partial charge in [-0.15, -0.1) is 0 Å². The number of halogens is 1. The zero-order valence-electron chi connectivity index (χ0n) is 13.6. The van der Waals surface area contributed by atoms with Crippen LogP contribution in [0.25, 0.3) is 22.2 Å². The Kier molecular flexibility index (Phi) is 3.85. The van der Waals surface area contributed by atoms with Crippen molar-refractivity contribution in [3.8, 4) is 11.1 Å². The predicted molar refractivity (Wildman–Crippen MR) is 95.6 cm³/mol. The molecule has 0 bridgehead atoms. The van der Waals surface area contributed by atoms with E-state index in [1.54, 1.807) is 24.5 Å². The van der Waals surface area contributed by atoms with Crippen LogP contribution < -0.4 is 4.90 Å². The Morgan fingerprint density at radius 2 is 1.84 bits per heavy atom. The molecule has 1 N–H and O–H groups in total. The van der Waals surface area contributed by atoms with E-state index in [-0.39, 0.29) is 5.82 Å². The Balaban J connectivity index is 1.60. The molecule has 4 aromatic rings. The highest BCUT2D eigenvalue weighted by molar-refractivity contribution is 5.81. The number of benzene rings is 2. The van der Waals surface area contributed by atoms with Crippen LogP contribution in [-0.4, -0.2) is 27.2 Å². The molecule has 0 unspecified atom stereocenters. The van der Waals surface area contributed by atoms with E-state index >= 15 is 0 Å². The summed E-state index contributed by atoms with van der Waals surface area (Å²) in [6.45, 7) is 0.633. The number of aromatic nitrogens is 4. The lowest BCUT2D eigenvalue weighted by atomic mass is 10.1. The lowest BCUT2D eigenvalue weighted by molar-refractivity contribution is 0.627. The molecule has 0 saturated heterocycles. The third-order valence-electron chi connectivity index (χ3n) is 4.09. The highest BCUT2D eigenvalue weighted by Crippen LogP contribution is 2.23. The van der Waals surface area contributed by atoms with Gasteiger partial charge in [-0.3, -0.25) is 10.1 Å². The van der Waals surface area contributed by atoms with Crippen molar-refractivity contribution in [1.82, 2.24) is 20.2 Å². The SMILES string of the molecule is CN(Cc1ccc(F)cc1)c1cnc2cc(-c3cn[nH]c3)ccc2n1. The number of nitrogens with zero attached hydrogens (tertiary/aromatic N) is 4. The molecule has 2 heterocycles. The Hall–Kier alpha value is -3.28. The van der Waals surface area contributed by atoms with Gasteiger partial charge in [-0.05, 0) is 35.4 Å². The lowest BCUT2D eigenvalue weighted by Crippen LogP contribution is -2.17. The minimum absolute atomic E-state index is 0.231. The van der Waals surface area contributed by atoms with Crippen molar-refractivity contribution in [1.29, 1.82) is 0 Å². The van der Waals surface area contributed by atoms with E-state index in [0.29, 0.717) is 6.54 Å². The monoisotopic (exact) mass is 333 g/mol. The molecule has 124 valence electrons. The number of nitrogens with one attached hydrogen (secondary N) is 1. The normalized spacial score (nSPS) is 11.0. The van der Waals surface area contributed by atoms with Gasteiger partial charge in [0.05, 0.1) is 23.4 Å². The summed E-state index contributed by atoms with van der Waals surface area (Å²) in [4.78, 5) is 11.2. The highest BCUT2D eigenvalue weighted by atomic mass is 19.1. The molecule has 0 fully saturated rings. The number of rotatable bonds is 4. The minimum atomic E-state index is -0.231. The molecule has 0 atom stereocenters. The fourth-order valence-electron chi connectivity index (χ4n) is 2.72. The van der Waals surface area contributed by atoms with Crippen LogP contribution in [0.4, 0.5) is 10.2 Å². The smallest absolute Gasteiger partial charge is 0.147 e. The third-order valence-corrected chi connectivity index (χ3v) is 4.09. The topological polar surface area (TPSA) is 57.7 Å². The first-order valence-corrected chi connectivity index (χ1v) is 7.90. The number of hydrogen-bond donors (Lipinski definition) is 1. The number of hydrogen-bond acceptors (Lipinski definition) is 4. The molecule has 6 heteroatoms. The zero-order valence-corrected chi connectivity index (χ0v) is 13.6. The molecule has 0 spiro atoms. The standard InChI is InChI=1S/C19H16FN5/c1-25(12-13-2-5-16(20)6-3-13)19-11-21-18-8-14(4-7-17(18)24-19)15-9-22-23-10-15/h2-11H,12H2,1H3,(H,22,23). The lowest BCUT2D eigenvalue weighted by Gasteiger charge is -2.18. The molecule has 0 aliphatic rings. The van der Waals surface area contributed by atoms with Gasteiger partial charge in [-0.2, -0.15) is 5.10 Å². The molecule has 0 aliphatic carbocycles. The quantitative estimate of drug-likeness (QED) is 0.617. The average molecular weight is 333 g/mol. The van der Waals surface area contributed by atoms with Gasteiger partial charge in [0.1, 0.15) is 11.6 Å². The van der Waals surface area contributed by atoms with Crippen LogP contribution >= 0.6 is 0 Å². The summed E-state index contributed by atoms with van der Waals surface area (Å²) in [5, 5.41) is 6.78. The number of aromatic amines is 1. The van der Waals surface area contributed by atoms with Crippen LogP contribution in [0.15, 0.2) is 61.1 Å². The zero-order chi connectivity index (χ0) is 17.2.